The average molecular weight is 475 g/mol. The summed E-state index contributed by atoms with van der Waals surface area (Å²) < 4.78 is 33.2. The van der Waals surface area contributed by atoms with Crippen LogP contribution >= 0.6 is 11.3 Å². The van der Waals surface area contributed by atoms with Crippen molar-refractivity contribution in [1.82, 2.24) is 14.4 Å². The van der Waals surface area contributed by atoms with Crippen molar-refractivity contribution in [3.05, 3.63) is 46.7 Å². The van der Waals surface area contributed by atoms with Gasteiger partial charge in [-0.15, -0.1) is 11.3 Å². The standard InChI is InChI=1S/C22H26N4O4S2/c1-4-16-7-9-18(10-8-16)24-22(27)17-6-5-11-26(13-17)32(28,29)20-12-19(31-14(20)2)21-23-15(3)30-25-21/h7-10,12,17H,4-6,11,13H2,1-3H3,(H,24,27)/t17-/m1/s1. The molecule has 10 heteroatoms. The third-order valence-electron chi connectivity index (χ3n) is 5.62. The first-order chi connectivity index (χ1) is 15.3. The zero-order valence-electron chi connectivity index (χ0n) is 18.3. The number of anilines is 1. The second-order valence-corrected chi connectivity index (χ2v) is 11.1. The Kier molecular flexibility index (Phi) is 6.45. The van der Waals surface area contributed by atoms with Gasteiger partial charge in [0.05, 0.1) is 15.7 Å². The molecule has 170 valence electrons. The molecule has 1 aliphatic heterocycles. The number of aromatic nitrogens is 2. The molecule has 0 saturated carbocycles. The molecule has 0 bridgehead atoms. The van der Waals surface area contributed by atoms with Crippen molar-refractivity contribution in [2.75, 3.05) is 18.4 Å². The SMILES string of the molecule is CCc1ccc(NC(=O)[C@@H]2CCCN(S(=O)(=O)c3cc(-c4noc(C)n4)sc3C)C2)cc1. The number of nitrogens with zero attached hydrogens (tertiary/aromatic N) is 3. The number of hydrogen-bond donors (Lipinski definition) is 1. The van der Waals surface area contributed by atoms with Crippen LogP contribution in [-0.2, 0) is 21.2 Å². The minimum atomic E-state index is -3.74. The summed E-state index contributed by atoms with van der Waals surface area (Å²) in [6, 6.07) is 9.32. The number of sulfonamides is 1. The number of rotatable bonds is 6. The Labute approximate surface area is 191 Å². The van der Waals surface area contributed by atoms with Gasteiger partial charge in [0, 0.05) is 30.6 Å². The maximum absolute atomic E-state index is 13.4. The molecule has 1 aliphatic rings. The molecule has 1 saturated heterocycles. The molecule has 8 nitrogen and oxygen atoms in total. The summed E-state index contributed by atoms with van der Waals surface area (Å²) in [4.78, 5) is 18.5. The predicted molar refractivity (Wildman–Crippen MR) is 123 cm³/mol. The van der Waals surface area contributed by atoms with Crippen molar-refractivity contribution in [3.8, 4) is 10.7 Å². The zero-order valence-corrected chi connectivity index (χ0v) is 19.9. The molecular weight excluding hydrogens is 448 g/mol. The lowest BCUT2D eigenvalue weighted by Gasteiger charge is -2.31. The summed E-state index contributed by atoms with van der Waals surface area (Å²) in [7, 11) is -3.74. The first-order valence-electron chi connectivity index (χ1n) is 10.6. The molecular formula is C22H26N4O4S2. The van der Waals surface area contributed by atoms with Crippen LogP contribution in [0.25, 0.3) is 10.7 Å². The number of amides is 1. The molecule has 2 aromatic heterocycles. The van der Waals surface area contributed by atoms with Gasteiger partial charge in [-0.1, -0.05) is 24.2 Å². The Balaban J connectivity index is 1.49. The van der Waals surface area contributed by atoms with E-state index in [1.54, 1.807) is 19.9 Å². The van der Waals surface area contributed by atoms with E-state index in [-0.39, 0.29) is 17.3 Å². The lowest BCUT2D eigenvalue weighted by Crippen LogP contribution is -2.43. The van der Waals surface area contributed by atoms with Crippen molar-refractivity contribution in [1.29, 1.82) is 0 Å². The normalized spacial score (nSPS) is 17.4. The molecule has 4 rings (SSSR count). The van der Waals surface area contributed by atoms with Gasteiger partial charge in [0.2, 0.25) is 27.6 Å². The lowest BCUT2D eigenvalue weighted by atomic mass is 9.98. The largest absolute Gasteiger partial charge is 0.339 e. The Morgan fingerprint density at radius 1 is 1.28 bits per heavy atom. The van der Waals surface area contributed by atoms with Crippen LogP contribution in [0.15, 0.2) is 39.8 Å². The Hall–Kier alpha value is -2.56. The molecule has 32 heavy (non-hydrogen) atoms. The Morgan fingerprint density at radius 2 is 2.03 bits per heavy atom. The van der Waals surface area contributed by atoms with Gasteiger partial charge in [-0.25, -0.2) is 8.42 Å². The van der Waals surface area contributed by atoms with Crippen LogP contribution in [0.2, 0.25) is 0 Å². The fraction of sp³-hybridized carbons (Fsp3) is 0.409. The summed E-state index contributed by atoms with van der Waals surface area (Å²) in [6.45, 7) is 6.08. The maximum Gasteiger partial charge on any atom is 0.244 e. The molecule has 0 radical (unpaired) electrons. The molecule has 1 aromatic carbocycles. The number of carbonyl (C=O) groups excluding carboxylic acids is 1. The third kappa shape index (κ3) is 4.62. The number of carbonyl (C=O) groups is 1. The quantitative estimate of drug-likeness (QED) is 0.579. The van der Waals surface area contributed by atoms with Crippen molar-refractivity contribution >= 4 is 33.0 Å². The molecule has 1 amide bonds. The monoisotopic (exact) mass is 474 g/mol. The number of piperidine rings is 1. The van der Waals surface area contributed by atoms with Gasteiger partial charge in [0.25, 0.3) is 0 Å². The minimum absolute atomic E-state index is 0.154. The van der Waals surface area contributed by atoms with E-state index in [1.807, 2.05) is 24.3 Å². The highest BCUT2D eigenvalue weighted by molar-refractivity contribution is 7.89. The lowest BCUT2D eigenvalue weighted by molar-refractivity contribution is -0.120. The highest BCUT2D eigenvalue weighted by Gasteiger charge is 2.35. The molecule has 0 unspecified atom stereocenters. The van der Waals surface area contributed by atoms with E-state index < -0.39 is 15.9 Å². The fourth-order valence-electron chi connectivity index (χ4n) is 3.81. The summed E-state index contributed by atoms with van der Waals surface area (Å²) in [6.07, 6.45) is 2.22. The summed E-state index contributed by atoms with van der Waals surface area (Å²) >= 11 is 1.31. The van der Waals surface area contributed by atoms with Crippen LogP contribution in [0.1, 0.15) is 36.1 Å². The second-order valence-electron chi connectivity index (χ2n) is 7.91. The van der Waals surface area contributed by atoms with Crippen molar-refractivity contribution in [2.45, 2.75) is 44.9 Å². The van der Waals surface area contributed by atoms with Crippen molar-refractivity contribution < 1.29 is 17.7 Å². The number of thiophene rings is 1. The minimum Gasteiger partial charge on any atom is -0.339 e. The van der Waals surface area contributed by atoms with E-state index in [1.165, 1.54) is 21.2 Å². The van der Waals surface area contributed by atoms with Crippen molar-refractivity contribution in [2.24, 2.45) is 5.92 Å². The first kappa shape index (κ1) is 22.6. The van der Waals surface area contributed by atoms with E-state index in [2.05, 4.69) is 22.4 Å². The molecule has 3 aromatic rings. The van der Waals surface area contributed by atoms with E-state index in [4.69, 9.17) is 4.52 Å². The van der Waals surface area contributed by atoms with Gasteiger partial charge in [-0.2, -0.15) is 9.29 Å². The molecule has 0 aliphatic carbocycles. The smallest absolute Gasteiger partial charge is 0.244 e. The predicted octanol–water partition coefficient (Wildman–Crippen LogP) is 4.02. The molecule has 1 fully saturated rings. The number of nitrogens with one attached hydrogen (secondary N) is 1. The average Bonchev–Trinajstić information content (AvgIpc) is 3.40. The van der Waals surface area contributed by atoms with Crippen LogP contribution in [0, 0.1) is 19.8 Å². The molecule has 1 atom stereocenters. The van der Waals surface area contributed by atoms with Crippen LogP contribution in [0.5, 0.6) is 0 Å². The highest BCUT2D eigenvalue weighted by atomic mass is 32.2. The number of benzene rings is 1. The molecule has 1 N–H and O–H groups in total. The van der Waals surface area contributed by atoms with Crippen LogP contribution in [-0.4, -0.2) is 41.9 Å². The van der Waals surface area contributed by atoms with E-state index >= 15 is 0 Å². The van der Waals surface area contributed by atoms with Gasteiger partial charge in [-0.3, -0.25) is 4.79 Å². The molecule has 0 spiro atoms. The third-order valence-corrected chi connectivity index (χ3v) is 8.79. The van der Waals surface area contributed by atoms with Gasteiger partial charge < -0.3 is 9.84 Å². The van der Waals surface area contributed by atoms with E-state index in [0.717, 1.165) is 12.1 Å². The summed E-state index contributed by atoms with van der Waals surface area (Å²) in [5.41, 5.74) is 1.92. The van der Waals surface area contributed by atoms with Gasteiger partial charge in [0.15, 0.2) is 0 Å². The fourth-order valence-corrected chi connectivity index (χ4v) is 6.82. The Morgan fingerprint density at radius 3 is 2.69 bits per heavy atom. The summed E-state index contributed by atoms with van der Waals surface area (Å²) in [5, 5.41) is 6.81. The van der Waals surface area contributed by atoms with Crippen LogP contribution in [0.3, 0.4) is 0 Å². The second kappa shape index (κ2) is 9.13. The number of hydrogen-bond acceptors (Lipinski definition) is 7. The van der Waals surface area contributed by atoms with E-state index in [0.29, 0.717) is 40.9 Å². The van der Waals surface area contributed by atoms with Gasteiger partial charge >= 0.3 is 0 Å². The van der Waals surface area contributed by atoms with Crippen molar-refractivity contribution in [3.63, 3.8) is 0 Å². The van der Waals surface area contributed by atoms with Gasteiger partial charge in [0.1, 0.15) is 0 Å². The molecule has 3 heterocycles. The maximum atomic E-state index is 13.4. The Bertz CT molecular complexity index is 1220. The number of aryl methyl sites for hydroxylation is 3. The van der Waals surface area contributed by atoms with Crippen LogP contribution in [0.4, 0.5) is 5.69 Å². The zero-order chi connectivity index (χ0) is 22.9. The summed E-state index contributed by atoms with van der Waals surface area (Å²) in [5.74, 6) is 0.244. The van der Waals surface area contributed by atoms with E-state index in [9.17, 15) is 13.2 Å². The first-order valence-corrected chi connectivity index (χ1v) is 12.8. The van der Waals surface area contributed by atoms with Crippen LogP contribution < -0.4 is 5.32 Å². The highest BCUT2D eigenvalue weighted by Crippen LogP contribution is 2.35. The van der Waals surface area contributed by atoms with Gasteiger partial charge in [-0.05, 0) is 49.9 Å². The topological polar surface area (TPSA) is 105 Å².